The summed E-state index contributed by atoms with van der Waals surface area (Å²) in [6.07, 6.45) is 1.67. The fraction of sp³-hybridized carbons (Fsp3) is 0.207. The zero-order valence-corrected chi connectivity index (χ0v) is 22.1. The average Bonchev–Trinajstić information content (AvgIpc) is 3.60. The second-order valence-electron chi connectivity index (χ2n) is 9.59. The van der Waals surface area contributed by atoms with Gasteiger partial charge in [-0.05, 0) is 36.9 Å². The second kappa shape index (κ2) is 10.1. The lowest BCUT2D eigenvalue weighted by molar-refractivity contribution is 0.0664. The minimum Gasteiger partial charge on any atom is -0.483 e. The van der Waals surface area contributed by atoms with Crippen molar-refractivity contribution in [3.8, 4) is 16.9 Å². The van der Waals surface area contributed by atoms with Gasteiger partial charge in [0.05, 0.1) is 11.1 Å². The number of H-pyrrole nitrogens is 1. The number of amides is 2. The maximum Gasteiger partial charge on any atom is 0.254 e. The van der Waals surface area contributed by atoms with Crippen molar-refractivity contribution in [2.45, 2.75) is 6.61 Å². The zero-order valence-electron chi connectivity index (χ0n) is 21.2. The van der Waals surface area contributed by atoms with E-state index in [-0.39, 0.29) is 23.8 Å². The molecule has 0 unspecified atom stereocenters. The van der Waals surface area contributed by atoms with Crippen LogP contribution in [-0.4, -0.2) is 64.8 Å². The average molecular weight is 544 g/mol. The van der Waals surface area contributed by atoms with Gasteiger partial charge in [0.25, 0.3) is 11.8 Å². The molecule has 0 aliphatic carbocycles. The second-order valence-corrected chi connectivity index (χ2v) is 10.6. The molecule has 5 aromatic rings. The van der Waals surface area contributed by atoms with E-state index >= 15 is 4.39 Å². The number of nitrogens with two attached hydrogens (primary N) is 1. The van der Waals surface area contributed by atoms with Gasteiger partial charge in [0.2, 0.25) is 0 Å². The Morgan fingerprint density at radius 2 is 1.92 bits per heavy atom. The number of likely N-dealkylation sites (N-methyl/N-ethyl adjacent to an activating group) is 1. The van der Waals surface area contributed by atoms with Gasteiger partial charge < -0.3 is 25.3 Å². The lowest BCUT2D eigenvalue weighted by atomic mass is 9.96. The van der Waals surface area contributed by atoms with Crippen LogP contribution in [0.1, 0.15) is 25.7 Å². The van der Waals surface area contributed by atoms with Gasteiger partial charge in [0.15, 0.2) is 11.6 Å². The molecule has 0 bridgehead atoms. The van der Waals surface area contributed by atoms with Gasteiger partial charge in [-0.15, -0.1) is 11.3 Å². The minimum atomic E-state index is -0.604. The number of thiazole rings is 1. The number of hydrogen-bond donors (Lipinski definition) is 2. The fourth-order valence-corrected chi connectivity index (χ4v) is 5.59. The topological polar surface area (TPSA) is 105 Å². The molecule has 8 nitrogen and oxygen atoms in total. The number of piperazine rings is 1. The van der Waals surface area contributed by atoms with Gasteiger partial charge >= 0.3 is 0 Å². The third kappa shape index (κ3) is 4.62. The monoisotopic (exact) mass is 543 g/mol. The highest BCUT2D eigenvalue weighted by molar-refractivity contribution is 7.09. The standard InChI is InChI=1S/C29H26FN5O3S/c1-34-10-12-35(13-11-34)29(37)17-5-6-20-22(15-17)33-27-21(28(31)36)8-7-18(25(20)27)19-3-2-4-23(26(19)30)38-16-24-32-9-14-39-24/h2-9,14-15,33H,10-13,16H2,1H3,(H2,31,36). The van der Waals surface area contributed by atoms with E-state index in [1.807, 2.05) is 23.4 Å². The number of aromatic nitrogens is 2. The number of nitrogens with zero attached hydrogens (tertiary/aromatic N) is 3. The van der Waals surface area contributed by atoms with Crippen LogP contribution in [0.3, 0.4) is 0 Å². The number of ether oxygens (including phenoxy) is 1. The van der Waals surface area contributed by atoms with Crippen molar-refractivity contribution >= 4 is 45.0 Å². The summed E-state index contributed by atoms with van der Waals surface area (Å²) in [5, 5.41) is 3.98. The molecule has 0 spiro atoms. The summed E-state index contributed by atoms with van der Waals surface area (Å²) in [7, 11) is 2.04. The first-order valence-electron chi connectivity index (χ1n) is 12.6. The molecule has 0 saturated carbocycles. The Bertz CT molecular complexity index is 1710. The summed E-state index contributed by atoms with van der Waals surface area (Å²) in [5.74, 6) is -1.06. The molecule has 2 aromatic heterocycles. The van der Waals surface area contributed by atoms with E-state index < -0.39 is 11.7 Å². The molecule has 3 N–H and O–H groups in total. The smallest absolute Gasteiger partial charge is 0.254 e. The third-order valence-electron chi connectivity index (χ3n) is 7.14. The van der Waals surface area contributed by atoms with Crippen molar-refractivity contribution in [2.75, 3.05) is 33.2 Å². The molecule has 1 aliphatic rings. The van der Waals surface area contributed by atoms with Crippen LogP contribution >= 0.6 is 11.3 Å². The number of primary amides is 1. The quantitative estimate of drug-likeness (QED) is 0.325. The number of carbonyl (C=O) groups is 2. The molecule has 198 valence electrons. The first-order chi connectivity index (χ1) is 18.9. The van der Waals surface area contributed by atoms with E-state index in [0.717, 1.165) is 23.5 Å². The highest BCUT2D eigenvalue weighted by Gasteiger charge is 2.23. The Balaban J connectivity index is 1.44. The van der Waals surface area contributed by atoms with Crippen molar-refractivity contribution in [1.29, 1.82) is 0 Å². The van der Waals surface area contributed by atoms with E-state index in [2.05, 4.69) is 14.9 Å². The Kier molecular flexibility index (Phi) is 6.49. The summed E-state index contributed by atoms with van der Waals surface area (Å²) in [6, 6.07) is 13.7. The first-order valence-corrected chi connectivity index (χ1v) is 13.4. The summed E-state index contributed by atoms with van der Waals surface area (Å²) >= 11 is 1.43. The van der Waals surface area contributed by atoms with Crippen molar-refractivity contribution < 1.29 is 18.7 Å². The SMILES string of the molecule is CN1CCN(C(=O)c2ccc3c(c2)[nH]c2c(C(N)=O)ccc(-c4cccc(OCc5nccs5)c4F)c23)CC1. The largest absolute Gasteiger partial charge is 0.483 e. The molecule has 0 radical (unpaired) electrons. The third-order valence-corrected chi connectivity index (χ3v) is 7.90. The predicted octanol–water partition coefficient (Wildman–Crippen LogP) is 4.65. The molecule has 3 heterocycles. The van der Waals surface area contributed by atoms with Gasteiger partial charge in [0.1, 0.15) is 11.6 Å². The van der Waals surface area contributed by atoms with Crippen LogP contribution < -0.4 is 10.5 Å². The number of benzene rings is 3. The van der Waals surface area contributed by atoms with Gasteiger partial charge in [-0.1, -0.05) is 24.3 Å². The highest BCUT2D eigenvalue weighted by atomic mass is 32.1. The number of hydrogen-bond acceptors (Lipinski definition) is 6. The van der Waals surface area contributed by atoms with Gasteiger partial charge in [-0.3, -0.25) is 9.59 Å². The Labute approximate surface area is 227 Å². The van der Waals surface area contributed by atoms with E-state index in [1.54, 1.807) is 48.7 Å². The summed E-state index contributed by atoms with van der Waals surface area (Å²) in [4.78, 5) is 37.0. The van der Waals surface area contributed by atoms with E-state index in [9.17, 15) is 9.59 Å². The van der Waals surface area contributed by atoms with E-state index in [4.69, 9.17) is 10.5 Å². The lowest BCUT2D eigenvalue weighted by Crippen LogP contribution is -2.47. The molecule has 10 heteroatoms. The van der Waals surface area contributed by atoms with Gasteiger partial charge in [-0.2, -0.15) is 0 Å². The molecular weight excluding hydrogens is 517 g/mol. The van der Waals surface area contributed by atoms with Gasteiger partial charge in [-0.25, -0.2) is 9.37 Å². The van der Waals surface area contributed by atoms with Crippen LogP contribution in [0, 0.1) is 5.82 Å². The van der Waals surface area contributed by atoms with Crippen molar-refractivity contribution in [3.05, 3.63) is 82.1 Å². The number of halogens is 1. The molecule has 1 aliphatic heterocycles. The number of aromatic amines is 1. The number of carbonyl (C=O) groups excluding carboxylic acids is 2. The van der Waals surface area contributed by atoms with Crippen LogP contribution in [0.25, 0.3) is 32.9 Å². The Morgan fingerprint density at radius 1 is 1.10 bits per heavy atom. The maximum atomic E-state index is 15.8. The molecule has 2 amide bonds. The Morgan fingerprint density at radius 3 is 2.67 bits per heavy atom. The normalized spacial score (nSPS) is 14.3. The molecule has 39 heavy (non-hydrogen) atoms. The Hall–Kier alpha value is -4.28. The van der Waals surface area contributed by atoms with Crippen molar-refractivity contribution in [1.82, 2.24) is 19.8 Å². The molecular formula is C29H26FN5O3S. The van der Waals surface area contributed by atoms with Gasteiger partial charge in [0, 0.05) is 65.2 Å². The summed E-state index contributed by atoms with van der Waals surface area (Å²) in [5.41, 5.74) is 8.59. The zero-order chi connectivity index (χ0) is 27.1. The molecule has 1 fully saturated rings. The van der Waals surface area contributed by atoms with Crippen LogP contribution in [-0.2, 0) is 6.61 Å². The van der Waals surface area contributed by atoms with Crippen LogP contribution in [0.4, 0.5) is 4.39 Å². The molecule has 6 rings (SSSR count). The highest BCUT2D eigenvalue weighted by Crippen LogP contribution is 2.39. The fourth-order valence-electron chi connectivity index (χ4n) is 5.06. The molecule has 0 atom stereocenters. The van der Waals surface area contributed by atoms with E-state index in [0.29, 0.717) is 46.2 Å². The van der Waals surface area contributed by atoms with Crippen molar-refractivity contribution in [3.63, 3.8) is 0 Å². The van der Waals surface area contributed by atoms with Crippen molar-refractivity contribution in [2.24, 2.45) is 5.73 Å². The number of fused-ring (bicyclic) bond motifs is 3. The first kappa shape index (κ1) is 25.0. The van der Waals surface area contributed by atoms with E-state index in [1.165, 1.54) is 11.3 Å². The lowest BCUT2D eigenvalue weighted by Gasteiger charge is -2.32. The summed E-state index contributed by atoms with van der Waals surface area (Å²) in [6.45, 7) is 3.13. The molecule has 3 aromatic carbocycles. The summed E-state index contributed by atoms with van der Waals surface area (Å²) < 4.78 is 21.5. The van der Waals surface area contributed by atoms with Crippen LogP contribution in [0.5, 0.6) is 5.75 Å². The molecule has 1 saturated heterocycles. The minimum absolute atomic E-state index is 0.0462. The predicted molar refractivity (Wildman–Crippen MR) is 150 cm³/mol. The van der Waals surface area contributed by atoms with Crippen LogP contribution in [0.2, 0.25) is 0 Å². The number of rotatable bonds is 6. The maximum absolute atomic E-state index is 15.8. The van der Waals surface area contributed by atoms with Crippen LogP contribution in [0.15, 0.2) is 60.1 Å². The number of nitrogens with one attached hydrogen (secondary N) is 1.